The number of pyridine rings is 1. The maximum Gasteiger partial charge on any atom is 0.288 e. The van der Waals surface area contributed by atoms with E-state index in [0.717, 1.165) is 0 Å². The summed E-state index contributed by atoms with van der Waals surface area (Å²) in [5, 5.41) is 0.445. The molecule has 2 aromatic rings. The molecule has 0 atom stereocenters. The van der Waals surface area contributed by atoms with Gasteiger partial charge in [0, 0.05) is 11.2 Å². The first-order valence-electron chi connectivity index (χ1n) is 5.97. The number of carbonyl (C=O) groups excluding carboxylic acids is 2. The molecule has 21 heavy (non-hydrogen) atoms. The number of hydrogen-bond donors (Lipinski definition) is 2. The molecule has 0 bridgehead atoms. The summed E-state index contributed by atoms with van der Waals surface area (Å²) >= 11 is 5.82. The number of rotatable bonds is 3. The molecular formula is C14H12ClN3O3. The number of benzene rings is 1. The fourth-order valence-corrected chi connectivity index (χ4v) is 1.76. The summed E-state index contributed by atoms with van der Waals surface area (Å²) in [6.07, 6.45) is 1.49. The standard InChI is InChI=1S/C14H12ClN3O3/c1-21-12-8-9(15)5-6-10(12)13(19)17-18-14(20)11-4-2-3-7-16-11/h2-8H,1H3,(H,17,19)(H,18,20). The van der Waals surface area contributed by atoms with E-state index in [0.29, 0.717) is 10.8 Å². The van der Waals surface area contributed by atoms with Gasteiger partial charge in [0.05, 0.1) is 12.7 Å². The van der Waals surface area contributed by atoms with Gasteiger partial charge in [0.15, 0.2) is 0 Å². The van der Waals surface area contributed by atoms with Gasteiger partial charge in [-0.15, -0.1) is 0 Å². The van der Waals surface area contributed by atoms with Crippen LogP contribution in [0, 0.1) is 0 Å². The maximum absolute atomic E-state index is 12.0. The predicted molar refractivity (Wildman–Crippen MR) is 77.2 cm³/mol. The van der Waals surface area contributed by atoms with Crippen molar-refractivity contribution in [2.75, 3.05) is 7.11 Å². The molecule has 0 radical (unpaired) electrons. The molecule has 2 rings (SSSR count). The van der Waals surface area contributed by atoms with E-state index in [1.54, 1.807) is 18.2 Å². The van der Waals surface area contributed by atoms with Crippen molar-refractivity contribution in [1.29, 1.82) is 0 Å². The minimum absolute atomic E-state index is 0.195. The van der Waals surface area contributed by atoms with Gasteiger partial charge in [0.2, 0.25) is 0 Å². The van der Waals surface area contributed by atoms with Crippen molar-refractivity contribution in [3.05, 3.63) is 58.9 Å². The molecule has 108 valence electrons. The van der Waals surface area contributed by atoms with Crippen LogP contribution in [0.1, 0.15) is 20.8 Å². The number of amides is 2. The Balaban J connectivity index is 2.04. The van der Waals surface area contributed by atoms with Crippen LogP contribution in [-0.4, -0.2) is 23.9 Å². The highest BCUT2D eigenvalue weighted by Gasteiger charge is 2.14. The van der Waals surface area contributed by atoms with Crippen molar-refractivity contribution in [2.24, 2.45) is 0 Å². The molecule has 0 aliphatic heterocycles. The SMILES string of the molecule is COc1cc(Cl)ccc1C(=O)NNC(=O)c1ccccn1. The largest absolute Gasteiger partial charge is 0.496 e. The molecule has 7 heteroatoms. The molecule has 1 aromatic carbocycles. The van der Waals surface area contributed by atoms with Crippen LogP contribution in [0.5, 0.6) is 5.75 Å². The Hall–Kier alpha value is -2.60. The van der Waals surface area contributed by atoms with Crippen LogP contribution in [0.25, 0.3) is 0 Å². The number of hydrogen-bond acceptors (Lipinski definition) is 4. The van der Waals surface area contributed by atoms with E-state index in [1.807, 2.05) is 0 Å². The zero-order chi connectivity index (χ0) is 15.2. The topological polar surface area (TPSA) is 80.3 Å². The number of nitrogens with one attached hydrogen (secondary N) is 2. The van der Waals surface area contributed by atoms with Gasteiger partial charge >= 0.3 is 0 Å². The number of hydrazine groups is 1. The first-order valence-corrected chi connectivity index (χ1v) is 6.35. The van der Waals surface area contributed by atoms with E-state index in [2.05, 4.69) is 15.8 Å². The minimum Gasteiger partial charge on any atom is -0.496 e. The lowest BCUT2D eigenvalue weighted by atomic mass is 10.2. The lowest BCUT2D eigenvalue weighted by molar-refractivity contribution is 0.0842. The molecule has 0 saturated carbocycles. The van der Waals surface area contributed by atoms with Crippen molar-refractivity contribution in [3.8, 4) is 5.75 Å². The lowest BCUT2D eigenvalue weighted by Crippen LogP contribution is -2.42. The highest BCUT2D eigenvalue weighted by Crippen LogP contribution is 2.22. The molecule has 0 saturated heterocycles. The van der Waals surface area contributed by atoms with Crippen LogP contribution in [0.15, 0.2) is 42.6 Å². The molecule has 2 N–H and O–H groups in total. The van der Waals surface area contributed by atoms with Crippen LogP contribution in [0.2, 0.25) is 5.02 Å². The zero-order valence-corrected chi connectivity index (χ0v) is 11.8. The Bertz CT molecular complexity index is 662. The lowest BCUT2D eigenvalue weighted by Gasteiger charge is -2.10. The average Bonchev–Trinajstić information content (AvgIpc) is 2.52. The highest BCUT2D eigenvalue weighted by molar-refractivity contribution is 6.30. The smallest absolute Gasteiger partial charge is 0.288 e. The van der Waals surface area contributed by atoms with Crippen LogP contribution in [-0.2, 0) is 0 Å². The Morgan fingerprint density at radius 2 is 1.90 bits per heavy atom. The van der Waals surface area contributed by atoms with Gasteiger partial charge < -0.3 is 4.74 Å². The fourth-order valence-electron chi connectivity index (χ4n) is 1.59. The third-order valence-electron chi connectivity index (χ3n) is 2.60. The summed E-state index contributed by atoms with van der Waals surface area (Å²) in [5.74, 6) is -0.725. The Morgan fingerprint density at radius 3 is 2.57 bits per heavy atom. The second-order valence-electron chi connectivity index (χ2n) is 3.97. The molecule has 0 unspecified atom stereocenters. The predicted octanol–water partition coefficient (Wildman–Crippen LogP) is 1.82. The average molecular weight is 306 g/mol. The summed E-state index contributed by atoms with van der Waals surface area (Å²) in [6.45, 7) is 0. The van der Waals surface area contributed by atoms with Crippen LogP contribution < -0.4 is 15.6 Å². The Kier molecular flexibility index (Phi) is 4.73. The van der Waals surface area contributed by atoms with Crippen LogP contribution in [0.4, 0.5) is 0 Å². The van der Waals surface area contributed by atoms with E-state index in [4.69, 9.17) is 16.3 Å². The zero-order valence-electron chi connectivity index (χ0n) is 11.1. The quantitative estimate of drug-likeness (QED) is 0.848. The van der Waals surface area contributed by atoms with Crippen LogP contribution >= 0.6 is 11.6 Å². The third kappa shape index (κ3) is 3.70. The van der Waals surface area contributed by atoms with E-state index < -0.39 is 11.8 Å². The summed E-state index contributed by atoms with van der Waals surface area (Å²) in [4.78, 5) is 27.6. The number of aromatic nitrogens is 1. The fraction of sp³-hybridized carbons (Fsp3) is 0.0714. The highest BCUT2D eigenvalue weighted by atomic mass is 35.5. The third-order valence-corrected chi connectivity index (χ3v) is 2.83. The maximum atomic E-state index is 12.0. The molecule has 0 spiro atoms. The second-order valence-corrected chi connectivity index (χ2v) is 4.40. The van der Waals surface area contributed by atoms with Gasteiger partial charge in [-0.1, -0.05) is 17.7 Å². The van der Waals surface area contributed by atoms with E-state index in [9.17, 15) is 9.59 Å². The monoisotopic (exact) mass is 305 g/mol. The van der Waals surface area contributed by atoms with Gasteiger partial charge in [0.25, 0.3) is 11.8 Å². The molecule has 1 aromatic heterocycles. The van der Waals surface area contributed by atoms with E-state index in [1.165, 1.54) is 31.5 Å². The number of ether oxygens (including phenoxy) is 1. The molecule has 1 heterocycles. The Labute approximate surface area is 126 Å². The first-order chi connectivity index (χ1) is 10.1. The minimum atomic E-state index is -0.521. The number of carbonyl (C=O) groups is 2. The van der Waals surface area contributed by atoms with Gasteiger partial charge in [-0.25, -0.2) is 0 Å². The van der Waals surface area contributed by atoms with Crippen LogP contribution in [0.3, 0.4) is 0 Å². The first kappa shape index (κ1) is 14.8. The van der Waals surface area contributed by atoms with Gasteiger partial charge in [-0.2, -0.15) is 0 Å². The molecule has 2 amide bonds. The van der Waals surface area contributed by atoms with E-state index >= 15 is 0 Å². The second kappa shape index (κ2) is 6.71. The number of nitrogens with zero attached hydrogens (tertiary/aromatic N) is 1. The normalized spacial score (nSPS) is 9.81. The van der Waals surface area contributed by atoms with Crippen molar-refractivity contribution in [3.63, 3.8) is 0 Å². The van der Waals surface area contributed by atoms with Crippen molar-refractivity contribution in [2.45, 2.75) is 0 Å². The molecule has 0 aliphatic rings. The molecular weight excluding hydrogens is 294 g/mol. The number of halogens is 1. The summed E-state index contributed by atoms with van der Waals surface area (Å²) in [7, 11) is 1.43. The van der Waals surface area contributed by atoms with Crippen molar-refractivity contribution >= 4 is 23.4 Å². The van der Waals surface area contributed by atoms with Gasteiger partial charge in [-0.3, -0.25) is 25.4 Å². The number of methoxy groups -OCH3 is 1. The summed E-state index contributed by atoms with van der Waals surface area (Å²) in [6, 6.07) is 9.46. The van der Waals surface area contributed by atoms with Gasteiger partial charge in [-0.05, 0) is 30.3 Å². The molecule has 0 aliphatic carbocycles. The molecule has 0 fully saturated rings. The van der Waals surface area contributed by atoms with Gasteiger partial charge in [0.1, 0.15) is 11.4 Å². The molecule has 6 nitrogen and oxygen atoms in total. The summed E-state index contributed by atoms with van der Waals surface area (Å²) in [5.41, 5.74) is 5.01. The summed E-state index contributed by atoms with van der Waals surface area (Å²) < 4.78 is 5.07. The van der Waals surface area contributed by atoms with E-state index in [-0.39, 0.29) is 11.3 Å². The van der Waals surface area contributed by atoms with Crippen molar-refractivity contribution < 1.29 is 14.3 Å². The Morgan fingerprint density at radius 1 is 1.14 bits per heavy atom. The van der Waals surface area contributed by atoms with Crippen molar-refractivity contribution in [1.82, 2.24) is 15.8 Å².